The quantitative estimate of drug-likeness (QED) is 0.263. The molecular formula is C24H30BrN3O3S. The lowest BCUT2D eigenvalue weighted by atomic mass is 10.2. The van der Waals surface area contributed by atoms with Gasteiger partial charge < -0.3 is 15.4 Å². The lowest BCUT2D eigenvalue weighted by Gasteiger charge is -2.14. The Kier molecular flexibility index (Phi) is 11.2. The number of anilines is 1. The molecule has 0 unspecified atom stereocenters. The van der Waals surface area contributed by atoms with Gasteiger partial charge >= 0.3 is 0 Å². The highest BCUT2D eigenvalue weighted by Crippen LogP contribution is 2.24. The fourth-order valence-corrected chi connectivity index (χ4v) is 3.47. The Balaban J connectivity index is 1.95. The summed E-state index contributed by atoms with van der Waals surface area (Å²) in [7, 11) is 0. The van der Waals surface area contributed by atoms with Crippen LogP contribution in [0.15, 0.2) is 46.9 Å². The molecule has 2 amide bonds. The molecule has 8 heteroatoms. The minimum absolute atomic E-state index is 0.119. The summed E-state index contributed by atoms with van der Waals surface area (Å²) in [4.78, 5) is 24.8. The van der Waals surface area contributed by atoms with Crippen LogP contribution >= 0.6 is 28.1 Å². The van der Waals surface area contributed by atoms with Crippen LogP contribution in [-0.2, 0) is 0 Å². The molecule has 0 saturated heterocycles. The topological polar surface area (TPSA) is 79.5 Å². The Labute approximate surface area is 203 Å². The van der Waals surface area contributed by atoms with Crippen LogP contribution in [0.1, 0.15) is 66.7 Å². The van der Waals surface area contributed by atoms with Gasteiger partial charge in [0.1, 0.15) is 5.75 Å². The van der Waals surface area contributed by atoms with E-state index >= 15 is 0 Å². The standard InChI is InChI=1S/C24H30BrN3O3S/c1-3-5-6-7-15-31-21-13-10-18(25)16-20(21)23(30)28-24(32)27-19-11-8-17(9-12-19)22(29)26-14-4-2/h8-13,16H,3-7,14-15H2,1-2H3,(H,26,29)(H2,27,28,30,32). The first-order valence-electron chi connectivity index (χ1n) is 10.9. The maximum atomic E-state index is 12.8. The predicted molar refractivity (Wildman–Crippen MR) is 137 cm³/mol. The number of ether oxygens (including phenoxy) is 1. The zero-order valence-corrected chi connectivity index (χ0v) is 20.9. The van der Waals surface area contributed by atoms with E-state index in [1.54, 1.807) is 36.4 Å². The molecule has 0 bridgehead atoms. The lowest BCUT2D eigenvalue weighted by Crippen LogP contribution is -2.34. The van der Waals surface area contributed by atoms with Crippen LogP contribution in [-0.4, -0.2) is 30.1 Å². The highest BCUT2D eigenvalue weighted by molar-refractivity contribution is 9.10. The third-order valence-corrected chi connectivity index (χ3v) is 5.31. The second-order valence-electron chi connectivity index (χ2n) is 7.29. The second kappa shape index (κ2) is 13.9. The molecular weight excluding hydrogens is 490 g/mol. The fourth-order valence-electron chi connectivity index (χ4n) is 2.89. The van der Waals surface area contributed by atoms with E-state index in [9.17, 15) is 9.59 Å². The molecule has 0 aliphatic rings. The number of nitrogens with one attached hydrogen (secondary N) is 3. The average molecular weight is 520 g/mol. The number of carbonyl (C=O) groups excluding carboxylic acids is 2. The van der Waals surface area contributed by atoms with E-state index < -0.39 is 0 Å². The van der Waals surface area contributed by atoms with Crippen LogP contribution in [0.4, 0.5) is 5.69 Å². The summed E-state index contributed by atoms with van der Waals surface area (Å²) in [6, 6.07) is 12.2. The number of amides is 2. The molecule has 3 N–H and O–H groups in total. The van der Waals surface area contributed by atoms with E-state index in [-0.39, 0.29) is 16.9 Å². The van der Waals surface area contributed by atoms with Gasteiger partial charge in [0.2, 0.25) is 0 Å². The minimum atomic E-state index is -0.358. The van der Waals surface area contributed by atoms with Gasteiger partial charge in [-0.15, -0.1) is 0 Å². The van der Waals surface area contributed by atoms with Gasteiger partial charge in [0, 0.05) is 22.3 Å². The Morgan fingerprint density at radius 1 is 0.969 bits per heavy atom. The van der Waals surface area contributed by atoms with Crippen molar-refractivity contribution in [3.05, 3.63) is 58.1 Å². The van der Waals surface area contributed by atoms with Crippen LogP contribution < -0.4 is 20.7 Å². The maximum absolute atomic E-state index is 12.8. The monoisotopic (exact) mass is 519 g/mol. The number of hydrogen-bond donors (Lipinski definition) is 3. The first-order valence-corrected chi connectivity index (χ1v) is 12.1. The highest BCUT2D eigenvalue weighted by atomic mass is 79.9. The molecule has 2 aromatic carbocycles. The van der Waals surface area contributed by atoms with Crippen LogP contribution in [0.25, 0.3) is 0 Å². The minimum Gasteiger partial charge on any atom is -0.493 e. The van der Waals surface area contributed by atoms with E-state index in [2.05, 4.69) is 38.8 Å². The summed E-state index contributed by atoms with van der Waals surface area (Å²) in [6.07, 6.45) is 5.24. The molecule has 2 aromatic rings. The number of hydrogen-bond acceptors (Lipinski definition) is 4. The Hall–Kier alpha value is -2.45. The number of rotatable bonds is 11. The van der Waals surface area contributed by atoms with Gasteiger partial charge in [-0.25, -0.2) is 0 Å². The lowest BCUT2D eigenvalue weighted by molar-refractivity contribution is 0.0950. The molecule has 0 atom stereocenters. The number of unbranched alkanes of at least 4 members (excludes halogenated alkanes) is 3. The van der Waals surface area contributed by atoms with E-state index in [0.717, 1.165) is 30.2 Å². The zero-order valence-electron chi connectivity index (χ0n) is 18.5. The molecule has 0 fully saturated rings. The van der Waals surface area contributed by atoms with E-state index in [1.165, 1.54) is 6.42 Å². The van der Waals surface area contributed by atoms with Gasteiger partial charge in [-0.3, -0.25) is 14.9 Å². The van der Waals surface area contributed by atoms with Crippen molar-refractivity contribution >= 4 is 50.8 Å². The molecule has 0 radical (unpaired) electrons. The van der Waals surface area contributed by atoms with Gasteiger partial charge in [-0.2, -0.15) is 0 Å². The van der Waals surface area contributed by atoms with Crippen LogP contribution in [0.5, 0.6) is 5.75 Å². The molecule has 6 nitrogen and oxygen atoms in total. The third kappa shape index (κ3) is 8.59. The van der Waals surface area contributed by atoms with Crippen molar-refractivity contribution in [1.29, 1.82) is 0 Å². The SMILES string of the molecule is CCCCCCOc1ccc(Br)cc1C(=O)NC(=S)Nc1ccc(C(=O)NCCC)cc1. The summed E-state index contributed by atoms with van der Waals surface area (Å²) in [5.41, 5.74) is 1.64. The van der Waals surface area contributed by atoms with Crippen molar-refractivity contribution in [2.45, 2.75) is 46.0 Å². The van der Waals surface area contributed by atoms with Gasteiger partial charge in [-0.05, 0) is 67.5 Å². The average Bonchev–Trinajstić information content (AvgIpc) is 2.78. The van der Waals surface area contributed by atoms with Crippen LogP contribution in [0.3, 0.4) is 0 Å². The van der Waals surface area contributed by atoms with Gasteiger partial charge in [0.25, 0.3) is 11.8 Å². The largest absolute Gasteiger partial charge is 0.493 e. The van der Waals surface area contributed by atoms with Crippen molar-refractivity contribution in [3.63, 3.8) is 0 Å². The summed E-state index contributed by atoms with van der Waals surface area (Å²) >= 11 is 8.69. The number of benzene rings is 2. The third-order valence-electron chi connectivity index (χ3n) is 4.61. The molecule has 0 aliphatic heterocycles. The molecule has 32 heavy (non-hydrogen) atoms. The van der Waals surface area contributed by atoms with Crippen LogP contribution in [0.2, 0.25) is 0 Å². The van der Waals surface area contributed by atoms with Crippen molar-refractivity contribution in [3.8, 4) is 5.75 Å². The Morgan fingerprint density at radius 2 is 1.72 bits per heavy atom. The van der Waals surface area contributed by atoms with Gasteiger partial charge in [0.15, 0.2) is 5.11 Å². The highest BCUT2D eigenvalue weighted by Gasteiger charge is 2.15. The van der Waals surface area contributed by atoms with E-state index in [1.807, 2.05) is 13.0 Å². The smallest absolute Gasteiger partial charge is 0.261 e. The Bertz CT molecular complexity index is 919. The molecule has 0 spiro atoms. The predicted octanol–water partition coefficient (Wildman–Crippen LogP) is 5.67. The number of thiocarbonyl (C=S) groups is 1. The number of halogens is 1. The van der Waals surface area contributed by atoms with Crippen LogP contribution in [0, 0.1) is 0 Å². The van der Waals surface area contributed by atoms with Crippen molar-refractivity contribution in [1.82, 2.24) is 10.6 Å². The zero-order chi connectivity index (χ0) is 23.3. The van der Waals surface area contributed by atoms with E-state index in [4.69, 9.17) is 17.0 Å². The first kappa shape index (κ1) is 25.8. The summed E-state index contributed by atoms with van der Waals surface area (Å²) < 4.78 is 6.61. The summed E-state index contributed by atoms with van der Waals surface area (Å²) in [5.74, 6) is 0.0431. The molecule has 172 valence electrons. The molecule has 2 rings (SSSR count). The fraction of sp³-hybridized carbons (Fsp3) is 0.375. The second-order valence-corrected chi connectivity index (χ2v) is 8.62. The normalized spacial score (nSPS) is 10.3. The Morgan fingerprint density at radius 3 is 2.41 bits per heavy atom. The molecule has 0 aromatic heterocycles. The molecule has 0 saturated carbocycles. The number of carbonyl (C=O) groups is 2. The van der Waals surface area contributed by atoms with Gasteiger partial charge in [0.05, 0.1) is 12.2 Å². The van der Waals surface area contributed by atoms with Crippen molar-refractivity contribution < 1.29 is 14.3 Å². The first-order chi connectivity index (χ1) is 15.4. The van der Waals surface area contributed by atoms with Gasteiger partial charge in [-0.1, -0.05) is 49.0 Å². The van der Waals surface area contributed by atoms with Crippen molar-refractivity contribution in [2.75, 3.05) is 18.5 Å². The maximum Gasteiger partial charge on any atom is 0.261 e. The summed E-state index contributed by atoms with van der Waals surface area (Å²) in [5, 5.41) is 8.65. The summed E-state index contributed by atoms with van der Waals surface area (Å²) in [6.45, 7) is 5.35. The molecule has 0 heterocycles. The van der Waals surface area contributed by atoms with E-state index in [0.29, 0.717) is 35.7 Å². The van der Waals surface area contributed by atoms with Crippen molar-refractivity contribution in [2.24, 2.45) is 0 Å². The molecule has 0 aliphatic carbocycles.